The lowest BCUT2D eigenvalue weighted by molar-refractivity contribution is 0.193. The fraction of sp³-hybridized carbons (Fsp3) is 1.00. The zero-order valence-corrected chi connectivity index (χ0v) is 11.8. The fourth-order valence-corrected chi connectivity index (χ4v) is 1.93. The summed E-state index contributed by atoms with van der Waals surface area (Å²) in [5, 5.41) is 3.68. The van der Waals surface area contributed by atoms with E-state index in [1.54, 1.807) is 0 Å². The van der Waals surface area contributed by atoms with Crippen LogP contribution in [0.25, 0.3) is 0 Å². The van der Waals surface area contributed by atoms with Crippen molar-refractivity contribution in [1.82, 2.24) is 10.2 Å². The molecule has 0 spiro atoms. The summed E-state index contributed by atoms with van der Waals surface area (Å²) in [6.45, 7) is 15.1. The predicted molar refractivity (Wildman–Crippen MR) is 71.8 cm³/mol. The quantitative estimate of drug-likeness (QED) is 0.684. The molecule has 1 unspecified atom stereocenters. The highest BCUT2D eigenvalue weighted by Gasteiger charge is 2.26. The van der Waals surface area contributed by atoms with Crippen molar-refractivity contribution in [3.63, 3.8) is 0 Å². The molecule has 2 nitrogen and oxygen atoms in total. The summed E-state index contributed by atoms with van der Waals surface area (Å²) in [7, 11) is 0. The van der Waals surface area contributed by atoms with Gasteiger partial charge in [-0.15, -0.1) is 0 Å². The van der Waals surface area contributed by atoms with Crippen LogP contribution in [0.5, 0.6) is 0 Å². The summed E-state index contributed by atoms with van der Waals surface area (Å²) >= 11 is 0. The van der Waals surface area contributed by atoms with Gasteiger partial charge < -0.3 is 5.32 Å². The Morgan fingerprint density at radius 2 is 1.94 bits per heavy atom. The van der Waals surface area contributed by atoms with Crippen LogP contribution in [-0.2, 0) is 0 Å². The third-order valence-corrected chi connectivity index (χ3v) is 3.98. The average molecular weight is 226 g/mol. The highest BCUT2D eigenvalue weighted by Crippen LogP contribution is 2.30. The Kier molecular flexibility index (Phi) is 5.26. The molecule has 0 aromatic heterocycles. The van der Waals surface area contributed by atoms with Gasteiger partial charge in [0, 0.05) is 24.7 Å². The fourth-order valence-electron chi connectivity index (χ4n) is 1.93. The summed E-state index contributed by atoms with van der Waals surface area (Å²) in [4.78, 5) is 2.62. The van der Waals surface area contributed by atoms with Crippen molar-refractivity contribution in [3.05, 3.63) is 0 Å². The number of hydrogen-bond donors (Lipinski definition) is 1. The molecule has 1 aliphatic rings. The number of likely N-dealkylation sites (N-methyl/N-ethyl adjacent to an activating group) is 1. The summed E-state index contributed by atoms with van der Waals surface area (Å²) in [6.07, 6.45) is 4.10. The molecular weight excluding hydrogens is 196 g/mol. The minimum absolute atomic E-state index is 0.285. The molecule has 1 saturated carbocycles. The van der Waals surface area contributed by atoms with Crippen molar-refractivity contribution >= 4 is 0 Å². The number of rotatable bonds is 8. The van der Waals surface area contributed by atoms with Crippen LogP contribution in [0.3, 0.4) is 0 Å². The predicted octanol–water partition coefficient (Wildman–Crippen LogP) is 2.89. The molecule has 1 aliphatic carbocycles. The molecule has 1 rings (SSSR count). The van der Waals surface area contributed by atoms with Gasteiger partial charge in [-0.3, -0.25) is 4.90 Å². The van der Waals surface area contributed by atoms with Gasteiger partial charge in [-0.1, -0.05) is 13.8 Å². The van der Waals surface area contributed by atoms with Crippen LogP contribution in [0.4, 0.5) is 0 Å². The van der Waals surface area contributed by atoms with Gasteiger partial charge in [-0.2, -0.15) is 0 Å². The Morgan fingerprint density at radius 3 is 2.38 bits per heavy atom. The van der Waals surface area contributed by atoms with Crippen molar-refractivity contribution < 1.29 is 0 Å². The lowest BCUT2D eigenvalue weighted by Gasteiger charge is -2.32. The minimum atomic E-state index is 0.285. The zero-order valence-electron chi connectivity index (χ0n) is 11.8. The van der Waals surface area contributed by atoms with Crippen LogP contribution >= 0.6 is 0 Å². The standard InChI is InChI=1S/C14H30N2/c1-6-14(4,5)15-10-12(3)16(7-2)11-13-8-9-13/h12-13,15H,6-11H2,1-5H3. The summed E-state index contributed by atoms with van der Waals surface area (Å²) < 4.78 is 0. The topological polar surface area (TPSA) is 15.3 Å². The molecule has 1 atom stereocenters. The van der Waals surface area contributed by atoms with Crippen molar-refractivity contribution in [2.45, 2.75) is 65.5 Å². The molecule has 0 aromatic rings. The second-order valence-electron chi connectivity index (χ2n) is 6.00. The van der Waals surface area contributed by atoms with Gasteiger partial charge in [0.25, 0.3) is 0 Å². The van der Waals surface area contributed by atoms with Crippen molar-refractivity contribution in [2.75, 3.05) is 19.6 Å². The van der Waals surface area contributed by atoms with E-state index in [-0.39, 0.29) is 5.54 Å². The lowest BCUT2D eigenvalue weighted by atomic mass is 10.0. The SMILES string of the molecule is CCN(CC1CC1)C(C)CNC(C)(C)CC. The monoisotopic (exact) mass is 226 g/mol. The first kappa shape index (κ1) is 14.0. The Bertz CT molecular complexity index is 197. The minimum Gasteiger partial charge on any atom is -0.310 e. The maximum atomic E-state index is 3.68. The Morgan fingerprint density at radius 1 is 1.31 bits per heavy atom. The highest BCUT2D eigenvalue weighted by molar-refractivity contribution is 4.82. The van der Waals surface area contributed by atoms with Gasteiger partial charge >= 0.3 is 0 Å². The molecule has 1 fully saturated rings. The number of nitrogens with one attached hydrogen (secondary N) is 1. The van der Waals surface area contributed by atoms with Gasteiger partial charge in [0.05, 0.1) is 0 Å². The van der Waals surface area contributed by atoms with E-state index >= 15 is 0 Å². The van der Waals surface area contributed by atoms with E-state index < -0.39 is 0 Å². The summed E-state index contributed by atoms with van der Waals surface area (Å²) in [6, 6.07) is 0.663. The molecule has 0 amide bonds. The van der Waals surface area contributed by atoms with Crippen molar-refractivity contribution in [1.29, 1.82) is 0 Å². The Labute approximate surface area is 102 Å². The molecule has 2 heteroatoms. The van der Waals surface area contributed by atoms with E-state index in [1.807, 2.05) is 0 Å². The molecule has 0 bridgehead atoms. The normalized spacial score (nSPS) is 19.1. The molecule has 0 aliphatic heterocycles. The molecule has 1 N–H and O–H groups in total. The lowest BCUT2D eigenvalue weighted by Crippen LogP contribution is -2.47. The first-order chi connectivity index (χ1) is 7.48. The van der Waals surface area contributed by atoms with Gasteiger partial charge in [0.1, 0.15) is 0 Å². The maximum absolute atomic E-state index is 3.68. The second-order valence-corrected chi connectivity index (χ2v) is 6.00. The van der Waals surface area contributed by atoms with E-state index in [0.29, 0.717) is 6.04 Å². The summed E-state index contributed by atoms with van der Waals surface area (Å²) in [5.74, 6) is 1.00. The van der Waals surface area contributed by atoms with Crippen LogP contribution in [0.2, 0.25) is 0 Å². The van der Waals surface area contributed by atoms with Crippen LogP contribution < -0.4 is 5.32 Å². The van der Waals surface area contributed by atoms with Crippen molar-refractivity contribution in [3.8, 4) is 0 Å². The van der Waals surface area contributed by atoms with E-state index in [0.717, 1.165) is 12.5 Å². The Hall–Kier alpha value is -0.0800. The van der Waals surface area contributed by atoms with E-state index in [1.165, 1.54) is 32.4 Å². The van der Waals surface area contributed by atoms with Crippen LogP contribution in [-0.4, -0.2) is 36.1 Å². The number of hydrogen-bond acceptors (Lipinski definition) is 2. The zero-order chi connectivity index (χ0) is 12.2. The summed E-state index contributed by atoms with van der Waals surface area (Å²) in [5.41, 5.74) is 0.285. The molecule has 0 heterocycles. The largest absolute Gasteiger partial charge is 0.310 e. The van der Waals surface area contributed by atoms with Crippen molar-refractivity contribution in [2.24, 2.45) is 5.92 Å². The van der Waals surface area contributed by atoms with Gasteiger partial charge in [0.15, 0.2) is 0 Å². The van der Waals surface area contributed by atoms with Crippen LogP contribution in [0.1, 0.15) is 53.9 Å². The first-order valence-electron chi connectivity index (χ1n) is 6.97. The molecule has 0 radical (unpaired) electrons. The highest BCUT2D eigenvalue weighted by atomic mass is 15.2. The van der Waals surface area contributed by atoms with Gasteiger partial charge in [-0.25, -0.2) is 0 Å². The van der Waals surface area contributed by atoms with Crippen LogP contribution in [0.15, 0.2) is 0 Å². The molecule has 0 saturated heterocycles. The molecule has 0 aromatic carbocycles. The third kappa shape index (κ3) is 4.84. The van der Waals surface area contributed by atoms with Crippen LogP contribution in [0, 0.1) is 5.92 Å². The van der Waals surface area contributed by atoms with E-state index in [2.05, 4.69) is 44.8 Å². The second kappa shape index (κ2) is 6.02. The first-order valence-corrected chi connectivity index (χ1v) is 6.97. The molecule has 96 valence electrons. The van der Waals surface area contributed by atoms with E-state index in [4.69, 9.17) is 0 Å². The smallest absolute Gasteiger partial charge is 0.0192 e. The molecular formula is C14H30N2. The Balaban J connectivity index is 2.27. The maximum Gasteiger partial charge on any atom is 0.0192 e. The van der Waals surface area contributed by atoms with Gasteiger partial charge in [-0.05, 0) is 52.5 Å². The molecule has 16 heavy (non-hydrogen) atoms. The number of nitrogens with zero attached hydrogens (tertiary/aromatic N) is 1. The third-order valence-electron chi connectivity index (χ3n) is 3.98. The van der Waals surface area contributed by atoms with E-state index in [9.17, 15) is 0 Å². The van der Waals surface area contributed by atoms with Gasteiger partial charge in [0.2, 0.25) is 0 Å². The average Bonchev–Trinajstić information content (AvgIpc) is 3.06.